The molecule has 0 saturated heterocycles. The van der Waals surface area contributed by atoms with E-state index in [1.807, 2.05) is 18.5 Å². The van der Waals surface area contributed by atoms with Gasteiger partial charge >= 0.3 is 0 Å². The quantitative estimate of drug-likeness (QED) is 0.576. The molecule has 2 N–H and O–H groups in total. The Hall–Kier alpha value is -2.12. The van der Waals surface area contributed by atoms with Gasteiger partial charge in [-0.3, -0.25) is 9.71 Å². The predicted octanol–water partition coefficient (Wildman–Crippen LogP) is 4.09. The van der Waals surface area contributed by atoms with Gasteiger partial charge < -0.3 is 5.32 Å². The van der Waals surface area contributed by atoms with Crippen molar-refractivity contribution in [3.63, 3.8) is 0 Å². The zero-order chi connectivity index (χ0) is 20.1. The summed E-state index contributed by atoms with van der Waals surface area (Å²) >= 11 is 5.91. The van der Waals surface area contributed by atoms with Crippen molar-refractivity contribution < 1.29 is 8.42 Å². The van der Waals surface area contributed by atoms with Crippen LogP contribution in [0.3, 0.4) is 0 Å². The van der Waals surface area contributed by atoms with Crippen LogP contribution in [0.15, 0.2) is 47.7 Å². The first-order chi connectivity index (χ1) is 13.3. The highest BCUT2D eigenvalue weighted by Crippen LogP contribution is 2.35. The molecule has 1 aliphatic rings. The van der Waals surface area contributed by atoms with Gasteiger partial charge in [0.1, 0.15) is 0 Å². The minimum absolute atomic E-state index is 0.0669. The van der Waals surface area contributed by atoms with Gasteiger partial charge in [-0.25, -0.2) is 13.4 Å². The van der Waals surface area contributed by atoms with E-state index >= 15 is 0 Å². The number of aromatic nitrogens is 1. The number of aliphatic imine (C=N–C) groups is 1. The number of guanidine groups is 1. The Morgan fingerprint density at radius 2 is 1.82 bits per heavy atom. The topological polar surface area (TPSA) is 83.4 Å². The molecule has 150 valence electrons. The summed E-state index contributed by atoms with van der Waals surface area (Å²) < 4.78 is 26.0. The Morgan fingerprint density at radius 1 is 1.14 bits per heavy atom. The van der Waals surface area contributed by atoms with Gasteiger partial charge in [0.2, 0.25) is 16.0 Å². The lowest BCUT2D eigenvalue weighted by Gasteiger charge is -2.28. The van der Waals surface area contributed by atoms with Gasteiger partial charge in [-0.15, -0.1) is 0 Å². The Labute approximate surface area is 171 Å². The third-order valence-electron chi connectivity index (χ3n) is 4.92. The number of pyridine rings is 1. The normalized spacial score (nSPS) is 20.6. The van der Waals surface area contributed by atoms with Crippen LogP contribution in [0.5, 0.6) is 0 Å². The number of nitrogens with zero attached hydrogens (tertiary/aromatic N) is 2. The standard InChI is InChI=1S/C20H25ClN4O2S/c1-14-11-12-22-13-19(14)15-3-7-17(8-4-15)23-20(25-28(2,26)27)24-18-9-5-16(21)6-10-18/h5-6,9-13,15,17H,3-4,7-8H2,1-2H3,(H2,23,24,25). The van der Waals surface area contributed by atoms with E-state index in [4.69, 9.17) is 11.6 Å². The van der Waals surface area contributed by atoms with Crippen molar-refractivity contribution in [2.24, 2.45) is 4.99 Å². The van der Waals surface area contributed by atoms with E-state index in [1.165, 1.54) is 11.1 Å². The highest BCUT2D eigenvalue weighted by molar-refractivity contribution is 7.89. The van der Waals surface area contributed by atoms with Gasteiger partial charge in [0.25, 0.3) is 0 Å². The zero-order valence-electron chi connectivity index (χ0n) is 16.0. The zero-order valence-corrected chi connectivity index (χ0v) is 17.6. The van der Waals surface area contributed by atoms with Crippen LogP contribution in [0.25, 0.3) is 0 Å². The van der Waals surface area contributed by atoms with Crippen LogP contribution in [0.2, 0.25) is 5.02 Å². The van der Waals surface area contributed by atoms with Crippen LogP contribution in [0.4, 0.5) is 5.69 Å². The van der Waals surface area contributed by atoms with Crippen molar-refractivity contribution in [2.45, 2.75) is 44.6 Å². The Kier molecular flexibility index (Phi) is 6.57. The fourth-order valence-corrected chi connectivity index (χ4v) is 4.11. The molecule has 1 aromatic carbocycles. The number of halogens is 1. The van der Waals surface area contributed by atoms with Gasteiger partial charge in [0, 0.05) is 23.1 Å². The summed E-state index contributed by atoms with van der Waals surface area (Å²) in [6.45, 7) is 2.12. The molecule has 1 aromatic heterocycles. The first kappa shape index (κ1) is 20.6. The van der Waals surface area contributed by atoms with E-state index in [-0.39, 0.29) is 12.0 Å². The first-order valence-electron chi connectivity index (χ1n) is 9.29. The van der Waals surface area contributed by atoms with Crippen molar-refractivity contribution in [1.29, 1.82) is 0 Å². The number of nitrogens with one attached hydrogen (secondary N) is 2. The second-order valence-electron chi connectivity index (χ2n) is 7.22. The lowest BCUT2D eigenvalue weighted by Crippen LogP contribution is -2.36. The molecule has 28 heavy (non-hydrogen) atoms. The molecule has 8 heteroatoms. The van der Waals surface area contributed by atoms with E-state index in [2.05, 4.69) is 26.9 Å². The van der Waals surface area contributed by atoms with Crippen LogP contribution >= 0.6 is 11.6 Å². The Bertz CT molecular complexity index is 937. The van der Waals surface area contributed by atoms with Crippen molar-refractivity contribution in [3.05, 3.63) is 58.9 Å². The maximum Gasteiger partial charge on any atom is 0.232 e. The molecular formula is C20H25ClN4O2S. The summed E-state index contributed by atoms with van der Waals surface area (Å²) in [4.78, 5) is 8.91. The smallest absolute Gasteiger partial charge is 0.232 e. The molecule has 0 spiro atoms. The van der Waals surface area contributed by atoms with Gasteiger partial charge in [0.15, 0.2) is 0 Å². The third kappa shape index (κ3) is 5.94. The fraction of sp³-hybridized carbons (Fsp3) is 0.400. The highest BCUT2D eigenvalue weighted by Gasteiger charge is 2.24. The number of hydrogen-bond donors (Lipinski definition) is 2. The SMILES string of the molecule is Cc1ccncc1C1CCC(N=C(Nc2ccc(Cl)cc2)NS(C)(=O)=O)CC1. The number of anilines is 1. The minimum atomic E-state index is -3.44. The molecule has 0 amide bonds. The second kappa shape index (κ2) is 8.92. The molecule has 0 radical (unpaired) electrons. The number of sulfonamides is 1. The van der Waals surface area contributed by atoms with Gasteiger partial charge in [-0.2, -0.15) is 0 Å². The van der Waals surface area contributed by atoms with E-state index in [9.17, 15) is 8.42 Å². The summed E-state index contributed by atoms with van der Waals surface area (Å²) in [6, 6.07) is 9.15. The van der Waals surface area contributed by atoms with Crippen LogP contribution in [0.1, 0.15) is 42.7 Å². The maximum atomic E-state index is 11.7. The van der Waals surface area contributed by atoms with Crippen LogP contribution in [0, 0.1) is 6.92 Å². The number of hydrogen-bond acceptors (Lipinski definition) is 4. The van der Waals surface area contributed by atoms with Crippen molar-refractivity contribution >= 4 is 33.3 Å². The van der Waals surface area contributed by atoms with Gasteiger partial charge in [-0.05, 0) is 80.0 Å². The average Bonchev–Trinajstić information content (AvgIpc) is 2.63. The molecule has 1 saturated carbocycles. The molecule has 0 unspecified atom stereocenters. The van der Waals surface area contributed by atoms with Crippen LogP contribution in [-0.2, 0) is 10.0 Å². The van der Waals surface area contributed by atoms with Gasteiger partial charge in [-0.1, -0.05) is 11.6 Å². The van der Waals surface area contributed by atoms with E-state index in [0.29, 0.717) is 10.9 Å². The van der Waals surface area contributed by atoms with Crippen LogP contribution in [-0.4, -0.2) is 31.7 Å². The lowest BCUT2D eigenvalue weighted by atomic mass is 9.81. The minimum Gasteiger partial charge on any atom is -0.326 e. The number of benzene rings is 1. The molecule has 0 bridgehead atoms. The Morgan fingerprint density at radius 3 is 2.43 bits per heavy atom. The van der Waals surface area contributed by atoms with Crippen molar-refractivity contribution in [2.75, 3.05) is 11.6 Å². The van der Waals surface area contributed by atoms with E-state index < -0.39 is 10.0 Å². The van der Waals surface area contributed by atoms with E-state index in [1.54, 1.807) is 24.3 Å². The molecular weight excluding hydrogens is 396 g/mol. The molecule has 1 aliphatic carbocycles. The molecule has 1 fully saturated rings. The van der Waals surface area contributed by atoms with Crippen molar-refractivity contribution in [3.8, 4) is 0 Å². The third-order valence-corrected chi connectivity index (χ3v) is 5.73. The molecule has 0 aliphatic heterocycles. The molecule has 1 heterocycles. The number of rotatable bonds is 4. The summed E-state index contributed by atoms with van der Waals surface area (Å²) in [6.07, 6.45) is 8.71. The molecule has 0 atom stereocenters. The maximum absolute atomic E-state index is 11.7. The van der Waals surface area contributed by atoms with Crippen LogP contribution < -0.4 is 10.0 Å². The molecule has 2 aromatic rings. The average molecular weight is 421 g/mol. The van der Waals surface area contributed by atoms with E-state index in [0.717, 1.165) is 37.6 Å². The first-order valence-corrected chi connectivity index (χ1v) is 11.6. The summed E-state index contributed by atoms with van der Waals surface area (Å²) in [5, 5.41) is 3.67. The molecule has 6 nitrogen and oxygen atoms in total. The highest BCUT2D eigenvalue weighted by atomic mass is 35.5. The van der Waals surface area contributed by atoms with Crippen molar-refractivity contribution in [1.82, 2.24) is 9.71 Å². The second-order valence-corrected chi connectivity index (χ2v) is 9.41. The largest absolute Gasteiger partial charge is 0.326 e. The summed E-state index contributed by atoms with van der Waals surface area (Å²) in [5.41, 5.74) is 3.29. The number of aryl methyl sites for hydroxylation is 1. The monoisotopic (exact) mass is 420 g/mol. The molecule has 3 rings (SSSR count). The lowest BCUT2D eigenvalue weighted by molar-refractivity contribution is 0.395. The Balaban J connectivity index is 1.70. The predicted molar refractivity (Wildman–Crippen MR) is 114 cm³/mol. The fourth-order valence-electron chi connectivity index (χ4n) is 3.53. The summed E-state index contributed by atoms with van der Waals surface area (Å²) in [5.74, 6) is 0.724. The van der Waals surface area contributed by atoms with Gasteiger partial charge in [0.05, 0.1) is 12.3 Å². The summed E-state index contributed by atoms with van der Waals surface area (Å²) in [7, 11) is -3.44.